The quantitative estimate of drug-likeness (QED) is 0.674. The fraction of sp³-hybridized carbons (Fsp3) is 0.333. The Morgan fingerprint density at radius 2 is 1.75 bits per heavy atom. The van der Waals surface area contributed by atoms with Gasteiger partial charge < -0.3 is 24.6 Å². The van der Waals surface area contributed by atoms with Crippen LogP contribution in [0.3, 0.4) is 0 Å². The molecule has 2 rings (SSSR count). The van der Waals surface area contributed by atoms with Crippen molar-refractivity contribution in [3.05, 3.63) is 59.2 Å². The summed E-state index contributed by atoms with van der Waals surface area (Å²) >= 11 is 0. The van der Waals surface area contributed by atoms with E-state index in [9.17, 15) is 14.7 Å². The second-order valence-electron chi connectivity index (χ2n) is 6.27. The fourth-order valence-electron chi connectivity index (χ4n) is 2.63. The highest BCUT2D eigenvalue weighted by molar-refractivity contribution is 5.85. The second kappa shape index (κ2) is 9.75. The molecular weight excluding hydrogens is 362 g/mol. The van der Waals surface area contributed by atoms with Crippen molar-refractivity contribution in [1.29, 1.82) is 0 Å². The number of amides is 1. The number of hydrogen-bond donors (Lipinski definition) is 2. The van der Waals surface area contributed by atoms with Crippen molar-refractivity contribution in [2.24, 2.45) is 0 Å². The van der Waals surface area contributed by atoms with E-state index < -0.39 is 24.0 Å². The summed E-state index contributed by atoms with van der Waals surface area (Å²) in [5.41, 5.74) is 2.41. The molecule has 7 nitrogen and oxygen atoms in total. The van der Waals surface area contributed by atoms with Crippen LogP contribution < -0.4 is 14.8 Å². The maximum atomic E-state index is 12.3. The molecule has 0 fully saturated rings. The van der Waals surface area contributed by atoms with Crippen molar-refractivity contribution < 1.29 is 28.9 Å². The lowest BCUT2D eigenvalue weighted by Gasteiger charge is -2.22. The number of esters is 1. The summed E-state index contributed by atoms with van der Waals surface area (Å²) in [6.07, 6.45) is -1.29. The van der Waals surface area contributed by atoms with E-state index in [1.165, 1.54) is 14.2 Å². The van der Waals surface area contributed by atoms with Gasteiger partial charge in [0.15, 0.2) is 12.6 Å². The normalized spacial score (nSPS) is 12.6. The molecule has 0 aliphatic carbocycles. The molecule has 7 heteroatoms. The Labute approximate surface area is 164 Å². The summed E-state index contributed by atoms with van der Waals surface area (Å²) in [5.74, 6) is -0.121. The van der Waals surface area contributed by atoms with Gasteiger partial charge in [0.1, 0.15) is 17.6 Å². The fourth-order valence-corrected chi connectivity index (χ4v) is 2.63. The molecule has 2 unspecified atom stereocenters. The van der Waals surface area contributed by atoms with Crippen LogP contribution in [0.4, 0.5) is 0 Å². The Balaban J connectivity index is 2.07. The summed E-state index contributed by atoms with van der Waals surface area (Å²) in [4.78, 5) is 24.4. The number of aliphatic hydroxyl groups is 1. The predicted octanol–water partition coefficient (Wildman–Crippen LogP) is 2.08. The van der Waals surface area contributed by atoms with Gasteiger partial charge in [-0.25, -0.2) is 4.79 Å². The number of aliphatic hydroxyl groups excluding tert-OH is 1. The van der Waals surface area contributed by atoms with Gasteiger partial charge in [0.05, 0.1) is 14.2 Å². The van der Waals surface area contributed by atoms with E-state index in [1.807, 2.05) is 26.0 Å². The van der Waals surface area contributed by atoms with Gasteiger partial charge in [0.25, 0.3) is 5.91 Å². The number of methoxy groups -OCH3 is 2. The van der Waals surface area contributed by atoms with E-state index in [4.69, 9.17) is 14.2 Å². The van der Waals surface area contributed by atoms with Gasteiger partial charge in [-0.1, -0.05) is 24.3 Å². The van der Waals surface area contributed by atoms with Crippen molar-refractivity contribution in [3.8, 4) is 11.5 Å². The van der Waals surface area contributed by atoms with Gasteiger partial charge in [-0.05, 0) is 48.7 Å². The molecule has 150 valence electrons. The topological polar surface area (TPSA) is 94.1 Å². The number of ether oxygens (including phenoxy) is 3. The second-order valence-corrected chi connectivity index (χ2v) is 6.27. The van der Waals surface area contributed by atoms with Crippen molar-refractivity contribution in [3.63, 3.8) is 0 Å². The third-order valence-electron chi connectivity index (χ3n) is 4.46. The first-order valence-corrected chi connectivity index (χ1v) is 8.75. The zero-order valence-corrected chi connectivity index (χ0v) is 16.4. The molecule has 0 spiro atoms. The minimum atomic E-state index is -1.29. The van der Waals surface area contributed by atoms with E-state index in [0.717, 1.165) is 11.1 Å². The number of rotatable bonds is 8. The zero-order chi connectivity index (χ0) is 20.7. The van der Waals surface area contributed by atoms with Gasteiger partial charge in [0.2, 0.25) is 0 Å². The summed E-state index contributed by atoms with van der Waals surface area (Å²) in [7, 11) is 2.72. The molecule has 2 aromatic rings. The lowest BCUT2D eigenvalue weighted by atomic mass is 10.0. The maximum Gasteiger partial charge on any atom is 0.331 e. The maximum absolute atomic E-state index is 12.3. The summed E-state index contributed by atoms with van der Waals surface area (Å²) < 4.78 is 15.3. The summed E-state index contributed by atoms with van der Waals surface area (Å²) in [6.45, 7) is 3.54. The van der Waals surface area contributed by atoms with Gasteiger partial charge in [-0.15, -0.1) is 0 Å². The Morgan fingerprint density at radius 3 is 2.36 bits per heavy atom. The van der Waals surface area contributed by atoms with Crippen molar-refractivity contribution in [2.45, 2.75) is 26.0 Å². The summed E-state index contributed by atoms with van der Waals surface area (Å²) in [6, 6.07) is 10.8. The van der Waals surface area contributed by atoms with Crippen molar-refractivity contribution in [2.75, 3.05) is 20.8 Å². The molecule has 2 N–H and O–H groups in total. The third kappa shape index (κ3) is 5.23. The molecule has 0 saturated carbocycles. The Kier molecular flexibility index (Phi) is 7.40. The predicted molar refractivity (Wildman–Crippen MR) is 103 cm³/mol. The molecule has 28 heavy (non-hydrogen) atoms. The van der Waals surface area contributed by atoms with E-state index in [0.29, 0.717) is 17.1 Å². The van der Waals surface area contributed by atoms with Crippen LogP contribution in [0.2, 0.25) is 0 Å². The minimum Gasteiger partial charge on any atom is -0.497 e. The number of carbonyl (C=O) groups excluding carboxylic acids is 2. The first-order chi connectivity index (χ1) is 13.4. The molecule has 0 bridgehead atoms. The van der Waals surface area contributed by atoms with Gasteiger partial charge >= 0.3 is 5.97 Å². The lowest BCUT2D eigenvalue weighted by molar-refractivity contribution is -0.148. The van der Waals surface area contributed by atoms with Crippen LogP contribution in [-0.2, 0) is 14.3 Å². The van der Waals surface area contributed by atoms with Gasteiger partial charge in [-0.3, -0.25) is 4.79 Å². The SMILES string of the molecule is COC(=O)C(NC(=O)COc1cccc(C)c1C)C(O)c1ccc(OC)cc1. The molecule has 2 aromatic carbocycles. The lowest BCUT2D eigenvalue weighted by Crippen LogP contribution is -2.47. The van der Waals surface area contributed by atoms with E-state index in [2.05, 4.69) is 5.32 Å². The highest BCUT2D eigenvalue weighted by Crippen LogP contribution is 2.22. The van der Waals surface area contributed by atoms with Crippen LogP contribution >= 0.6 is 0 Å². The van der Waals surface area contributed by atoms with Gasteiger partial charge in [-0.2, -0.15) is 0 Å². The standard InChI is InChI=1S/C21H25NO6/c1-13-6-5-7-17(14(13)2)28-12-18(23)22-19(21(25)27-4)20(24)15-8-10-16(26-3)11-9-15/h5-11,19-20,24H,12H2,1-4H3,(H,22,23). The average molecular weight is 387 g/mol. The van der Waals surface area contributed by atoms with Crippen LogP contribution in [0.1, 0.15) is 22.8 Å². The van der Waals surface area contributed by atoms with E-state index >= 15 is 0 Å². The van der Waals surface area contributed by atoms with Gasteiger partial charge in [0, 0.05) is 0 Å². The monoisotopic (exact) mass is 387 g/mol. The average Bonchev–Trinajstić information content (AvgIpc) is 2.72. The van der Waals surface area contributed by atoms with Crippen LogP contribution in [0.15, 0.2) is 42.5 Å². The molecule has 0 aliphatic heterocycles. The third-order valence-corrected chi connectivity index (χ3v) is 4.46. The molecule has 0 aromatic heterocycles. The smallest absolute Gasteiger partial charge is 0.331 e. The number of benzene rings is 2. The largest absolute Gasteiger partial charge is 0.497 e. The van der Waals surface area contributed by atoms with E-state index in [1.54, 1.807) is 30.3 Å². The molecular formula is C21H25NO6. The highest BCUT2D eigenvalue weighted by Gasteiger charge is 2.30. The molecule has 0 aliphatic rings. The molecule has 0 radical (unpaired) electrons. The first kappa shape index (κ1) is 21.2. The number of carbonyl (C=O) groups is 2. The minimum absolute atomic E-state index is 0.298. The van der Waals surface area contributed by atoms with Crippen LogP contribution in [0.5, 0.6) is 11.5 Å². The molecule has 1 amide bonds. The van der Waals surface area contributed by atoms with Crippen LogP contribution in [0, 0.1) is 13.8 Å². The number of hydrogen-bond acceptors (Lipinski definition) is 6. The molecule has 2 atom stereocenters. The van der Waals surface area contributed by atoms with Crippen molar-refractivity contribution in [1.82, 2.24) is 5.32 Å². The molecule has 0 saturated heterocycles. The zero-order valence-electron chi connectivity index (χ0n) is 16.4. The summed E-state index contributed by atoms with van der Waals surface area (Å²) in [5, 5.41) is 13.0. The Bertz CT molecular complexity index is 818. The van der Waals surface area contributed by atoms with Crippen LogP contribution in [0.25, 0.3) is 0 Å². The highest BCUT2D eigenvalue weighted by atomic mass is 16.5. The first-order valence-electron chi connectivity index (χ1n) is 8.75. The Morgan fingerprint density at radius 1 is 1.07 bits per heavy atom. The van der Waals surface area contributed by atoms with Crippen molar-refractivity contribution >= 4 is 11.9 Å². The van der Waals surface area contributed by atoms with Crippen LogP contribution in [-0.4, -0.2) is 43.9 Å². The number of nitrogens with one attached hydrogen (secondary N) is 1. The number of aryl methyl sites for hydroxylation is 1. The molecule has 0 heterocycles. The van der Waals surface area contributed by atoms with E-state index in [-0.39, 0.29) is 6.61 Å². The Hall–Kier alpha value is -3.06.